The molecule has 58 heavy (non-hydrogen) atoms. The van der Waals surface area contributed by atoms with Crippen molar-refractivity contribution in [3.8, 4) is 45.5 Å². The molecule has 0 saturated carbocycles. The van der Waals surface area contributed by atoms with Crippen molar-refractivity contribution in [2.75, 3.05) is 0 Å². The monoisotopic (exact) mass is 739 g/mol. The fourth-order valence-electron chi connectivity index (χ4n) is 8.84. The maximum atomic E-state index is 5.29. The number of para-hydroxylation sites is 3. The van der Waals surface area contributed by atoms with E-state index in [1.807, 2.05) is 0 Å². The first kappa shape index (κ1) is 32.4. The van der Waals surface area contributed by atoms with Crippen molar-refractivity contribution in [3.63, 3.8) is 0 Å². The summed E-state index contributed by atoms with van der Waals surface area (Å²) in [6, 6.07) is 71.1. The summed E-state index contributed by atoms with van der Waals surface area (Å²) in [7, 11) is 0. The van der Waals surface area contributed by atoms with Crippen LogP contribution in [0.1, 0.15) is 0 Å². The predicted molar refractivity (Wildman–Crippen MR) is 240 cm³/mol. The first-order chi connectivity index (χ1) is 28.7. The van der Waals surface area contributed by atoms with Gasteiger partial charge in [-0.15, -0.1) is 0 Å². The maximum Gasteiger partial charge on any atom is 0.238 e. The van der Waals surface area contributed by atoms with E-state index < -0.39 is 0 Å². The Bertz CT molecular complexity index is 3570. The minimum atomic E-state index is 0.579. The first-order valence-corrected chi connectivity index (χ1v) is 19.6. The van der Waals surface area contributed by atoms with Crippen LogP contribution in [0.5, 0.6) is 0 Å². The highest BCUT2D eigenvalue weighted by Crippen LogP contribution is 2.39. The molecule has 0 fully saturated rings. The fraction of sp³-hybridized carbons (Fsp3) is 0. The Morgan fingerprint density at radius 3 is 1.57 bits per heavy atom. The summed E-state index contributed by atoms with van der Waals surface area (Å²) >= 11 is 0. The summed E-state index contributed by atoms with van der Waals surface area (Å²) in [5.74, 6) is 1.84. The average molecular weight is 740 g/mol. The Labute approximate surface area is 333 Å². The molecule has 0 saturated heterocycles. The molecular weight excluding hydrogens is 707 g/mol. The molecule has 0 unspecified atom stereocenters. The average Bonchev–Trinajstić information content (AvgIpc) is 3.81. The van der Waals surface area contributed by atoms with E-state index in [0.717, 1.165) is 60.3 Å². The Kier molecular flexibility index (Phi) is 7.16. The molecule has 0 atom stereocenters. The normalized spacial score (nSPS) is 11.8. The van der Waals surface area contributed by atoms with E-state index in [-0.39, 0.29) is 0 Å². The second kappa shape index (κ2) is 12.8. The Morgan fingerprint density at radius 2 is 0.828 bits per heavy atom. The molecule has 5 nitrogen and oxygen atoms in total. The van der Waals surface area contributed by atoms with Gasteiger partial charge in [-0.3, -0.25) is 4.57 Å². The number of benzene rings is 9. The summed E-state index contributed by atoms with van der Waals surface area (Å²) < 4.78 is 4.56. The molecule has 3 heterocycles. The van der Waals surface area contributed by atoms with Crippen molar-refractivity contribution < 1.29 is 0 Å². The Hall–Kier alpha value is -7.89. The van der Waals surface area contributed by atoms with E-state index in [1.165, 1.54) is 32.8 Å². The van der Waals surface area contributed by atoms with Crippen molar-refractivity contribution in [1.29, 1.82) is 0 Å². The van der Waals surface area contributed by atoms with Gasteiger partial charge in [-0.1, -0.05) is 146 Å². The van der Waals surface area contributed by atoms with Crippen molar-refractivity contribution in [3.05, 3.63) is 200 Å². The van der Waals surface area contributed by atoms with Crippen molar-refractivity contribution in [2.24, 2.45) is 0 Å². The van der Waals surface area contributed by atoms with Gasteiger partial charge in [0, 0.05) is 38.4 Å². The van der Waals surface area contributed by atoms with E-state index in [1.54, 1.807) is 0 Å². The molecule has 12 rings (SSSR count). The van der Waals surface area contributed by atoms with Gasteiger partial charge in [-0.25, -0.2) is 4.98 Å². The van der Waals surface area contributed by atoms with Gasteiger partial charge in [-0.2, -0.15) is 9.97 Å². The lowest BCUT2D eigenvalue weighted by molar-refractivity contribution is 0.954. The first-order valence-electron chi connectivity index (χ1n) is 19.6. The third-order valence-corrected chi connectivity index (χ3v) is 11.6. The lowest BCUT2D eigenvalue weighted by Crippen LogP contribution is -2.06. The van der Waals surface area contributed by atoms with Gasteiger partial charge in [-0.05, 0) is 87.3 Å². The van der Waals surface area contributed by atoms with E-state index >= 15 is 0 Å². The minimum absolute atomic E-state index is 0.579. The highest BCUT2D eigenvalue weighted by atomic mass is 15.2. The van der Waals surface area contributed by atoms with Crippen molar-refractivity contribution in [1.82, 2.24) is 24.1 Å². The van der Waals surface area contributed by atoms with Gasteiger partial charge >= 0.3 is 0 Å². The molecule has 0 bridgehead atoms. The molecule has 9 aromatic carbocycles. The Balaban J connectivity index is 1.07. The van der Waals surface area contributed by atoms with Gasteiger partial charge in [0.05, 0.1) is 22.1 Å². The molecule has 0 radical (unpaired) electrons. The Morgan fingerprint density at radius 1 is 0.293 bits per heavy atom. The molecule has 270 valence electrons. The summed E-state index contributed by atoms with van der Waals surface area (Å²) in [4.78, 5) is 15.7. The maximum absolute atomic E-state index is 5.29. The standard InChI is InChI=1S/C53H33N5/c1-2-17-40(18-3-1)57-47-23-10-8-20-42(47)45-32-37(27-29-49(45)57)38-28-30-50-46(33-38)43-21-9-11-24-48(43)58(50)53-55-51(39-26-25-34-13-4-5-15-36(34)31-39)54-52(56-53)44-22-12-16-35-14-6-7-19-41(35)44/h1-33H. The molecule has 0 amide bonds. The van der Waals surface area contributed by atoms with Crippen molar-refractivity contribution >= 4 is 65.2 Å². The number of nitrogens with zero attached hydrogens (tertiary/aromatic N) is 5. The zero-order valence-corrected chi connectivity index (χ0v) is 31.3. The third kappa shape index (κ3) is 5.07. The number of hydrogen-bond donors (Lipinski definition) is 0. The van der Waals surface area contributed by atoms with Crippen LogP contribution < -0.4 is 0 Å². The van der Waals surface area contributed by atoms with Crippen LogP contribution in [0.4, 0.5) is 0 Å². The molecule has 0 spiro atoms. The molecule has 0 aliphatic heterocycles. The number of hydrogen-bond acceptors (Lipinski definition) is 3. The molecule has 12 aromatic rings. The molecule has 0 aliphatic rings. The van der Waals surface area contributed by atoms with Crippen LogP contribution in [0, 0.1) is 0 Å². The van der Waals surface area contributed by atoms with Crippen molar-refractivity contribution in [2.45, 2.75) is 0 Å². The SMILES string of the molecule is c1ccc(-n2c3ccccc3c3cc(-c4ccc5c(c4)c4ccccc4n5-c4nc(-c5ccc6ccccc6c5)nc(-c5cccc6ccccc56)n4)ccc32)cc1. The number of aromatic nitrogens is 5. The van der Waals surface area contributed by atoms with Gasteiger partial charge < -0.3 is 4.57 Å². The molecule has 0 aliphatic carbocycles. The molecule has 0 N–H and O–H groups in total. The van der Waals surface area contributed by atoms with E-state index in [0.29, 0.717) is 17.6 Å². The lowest BCUT2D eigenvalue weighted by atomic mass is 10.0. The summed E-state index contributed by atoms with van der Waals surface area (Å²) in [6.45, 7) is 0. The number of fused-ring (bicyclic) bond motifs is 8. The van der Waals surface area contributed by atoms with Crippen LogP contribution in [0.2, 0.25) is 0 Å². The summed E-state index contributed by atoms with van der Waals surface area (Å²) in [5, 5.41) is 9.30. The number of rotatable bonds is 5. The van der Waals surface area contributed by atoms with E-state index in [9.17, 15) is 0 Å². The smallest absolute Gasteiger partial charge is 0.238 e. The van der Waals surface area contributed by atoms with Crippen LogP contribution in [0.3, 0.4) is 0 Å². The van der Waals surface area contributed by atoms with Crippen LogP contribution in [0.15, 0.2) is 200 Å². The highest BCUT2D eigenvalue weighted by molar-refractivity contribution is 6.12. The second-order valence-corrected chi connectivity index (χ2v) is 14.9. The van der Waals surface area contributed by atoms with Crippen LogP contribution in [-0.4, -0.2) is 24.1 Å². The van der Waals surface area contributed by atoms with Crippen LogP contribution in [0.25, 0.3) is 111 Å². The topological polar surface area (TPSA) is 48.5 Å². The van der Waals surface area contributed by atoms with E-state index in [4.69, 9.17) is 15.0 Å². The minimum Gasteiger partial charge on any atom is -0.309 e. The summed E-state index contributed by atoms with van der Waals surface area (Å²) in [5.41, 5.74) is 9.84. The second-order valence-electron chi connectivity index (χ2n) is 14.9. The quantitative estimate of drug-likeness (QED) is 0.177. The third-order valence-electron chi connectivity index (χ3n) is 11.6. The van der Waals surface area contributed by atoms with Crippen LogP contribution in [-0.2, 0) is 0 Å². The molecular formula is C53H33N5. The fourth-order valence-corrected chi connectivity index (χ4v) is 8.84. The highest BCUT2D eigenvalue weighted by Gasteiger charge is 2.20. The van der Waals surface area contributed by atoms with E-state index in [2.05, 4.69) is 209 Å². The van der Waals surface area contributed by atoms with Gasteiger partial charge in [0.25, 0.3) is 0 Å². The van der Waals surface area contributed by atoms with Gasteiger partial charge in [0.15, 0.2) is 11.6 Å². The zero-order valence-electron chi connectivity index (χ0n) is 31.3. The van der Waals surface area contributed by atoms with Gasteiger partial charge in [0.1, 0.15) is 0 Å². The largest absolute Gasteiger partial charge is 0.309 e. The molecule has 5 heteroatoms. The lowest BCUT2D eigenvalue weighted by Gasteiger charge is -2.12. The zero-order chi connectivity index (χ0) is 38.2. The summed E-state index contributed by atoms with van der Waals surface area (Å²) in [6.07, 6.45) is 0. The van der Waals surface area contributed by atoms with Gasteiger partial charge in [0.2, 0.25) is 5.95 Å². The molecule has 3 aromatic heterocycles. The predicted octanol–water partition coefficient (Wildman–Crippen LogP) is 13.4. The van der Waals surface area contributed by atoms with Crippen LogP contribution >= 0.6 is 0 Å².